The number of hydrogen-bond acceptors (Lipinski definition) is 3. The third-order valence-electron chi connectivity index (χ3n) is 3.10. The van der Waals surface area contributed by atoms with Crippen LogP contribution in [0.4, 0.5) is 0 Å². The molecule has 0 unspecified atom stereocenters. The molecule has 3 heteroatoms. The summed E-state index contributed by atoms with van der Waals surface area (Å²) in [5, 5.41) is 3.38. The summed E-state index contributed by atoms with van der Waals surface area (Å²) in [7, 11) is 0. The molecule has 1 aromatic rings. The summed E-state index contributed by atoms with van der Waals surface area (Å²) >= 11 is 1.87. The Bertz CT molecular complexity index is 489. The number of amidine groups is 1. The van der Waals surface area contributed by atoms with Gasteiger partial charge in [0.2, 0.25) is 0 Å². The van der Waals surface area contributed by atoms with Crippen LogP contribution < -0.4 is 5.32 Å². The molecule has 1 aromatic carbocycles. The Morgan fingerprint density at radius 2 is 2.06 bits per heavy atom. The van der Waals surface area contributed by atoms with Gasteiger partial charge in [0, 0.05) is 17.0 Å². The molecule has 0 bridgehead atoms. The van der Waals surface area contributed by atoms with Crippen molar-refractivity contribution in [2.24, 2.45) is 4.99 Å². The van der Waals surface area contributed by atoms with Crippen LogP contribution in [0.15, 0.2) is 44.6 Å². The van der Waals surface area contributed by atoms with Crippen LogP contribution in [-0.2, 0) is 0 Å². The number of allylic oxidation sites excluding steroid dienone is 1. The maximum Gasteiger partial charge on any atom is 0.129 e. The van der Waals surface area contributed by atoms with E-state index in [0.29, 0.717) is 0 Å². The predicted molar refractivity (Wildman–Crippen MR) is 80.4 cm³/mol. The molecule has 0 aromatic heterocycles. The quantitative estimate of drug-likeness (QED) is 0.874. The Morgan fingerprint density at radius 3 is 2.78 bits per heavy atom. The highest BCUT2D eigenvalue weighted by Gasteiger charge is 2.14. The number of thioether (sulfide) groups is 1. The maximum absolute atomic E-state index is 4.75. The molecule has 2 rings (SSSR count). The van der Waals surface area contributed by atoms with Crippen LogP contribution in [0.25, 0.3) is 0 Å². The number of benzene rings is 1. The van der Waals surface area contributed by atoms with Gasteiger partial charge in [0.05, 0.1) is 6.54 Å². The summed E-state index contributed by atoms with van der Waals surface area (Å²) in [4.78, 5) is 7.44. The number of aliphatic imine (C=N–C) groups is 1. The summed E-state index contributed by atoms with van der Waals surface area (Å²) < 4.78 is 0. The van der Waals surface area contributed by atoms with E-state index in [9.17, 15) is 0 Å². The summed E-state index contributed by atoms with van der Waals surface area (Å²) in [5.74, 6) is 1.03. The fourth-order valence-electron chi connectivity index (χ4n) is 2.04. The minimum atomic E-state index is 0.812. The zero-order valence-electron chi connectivity index (χ0n) is 11.3. The minimum Gasteiger partial charge on any atom is -0.370 e. The molecular formula is C15H20N2S. The van der Waals surface area contributed by atoms with Crippen molar-refractivity contribution in [1.82, 2.24) is 5.32 Å². The molecule has 0 aliphatic carbocycles. The first kappa shape index (κ1) is 13.2. The summed E-state index contributed by atoms with van der Waals surface area (Å²) in [6, 6.07) is 8.49. The van der Waals surface area contributed by atoms with E-state index in [-0.39, 0.29) is 0 Å². The van der Waals surface area contributed by atoms with Crippen molar-refractivity contribution in [3.8, 4) is 0 Å². The Hall–Kier alpha value is -1.22. The van der Waals surface area contributed by atoms with Gasteiger partial charge in [-0.25, -0.2) is 0 Å². The van der Waals surface area contributed by atoms with E-state index in [4.69, 9.17) is 4.99 Å². The molecule has 0 saturated heterocycles. The van der Waals surface area contributed by atoms with E-state index in [1.54, 1.807) is 0 Å². The van der Waals surface area contributed by atoms with E-state index in [0.717, 1.165) is 25.3 Å². The molecule has 18 heavy (non-hydrogen) atoms. The average molecular weight is 260 g/mol. The van der Waals surface area contributed by atoms with Crippen molar-refractivity contribution in [2.45, 2.75) is 32.1 Å². The number of fused-ring (bicyclic) bond motifs is 1. The van der Waals surface area contributed by atoms with E-state index >= 15 is 0 Å². The van der Waals surface area contributed by atoms with Gasteiger partial charge in [-0.05, 0) is 36.8 Å². The standard InChI is InChI=1S/C15H20N2S/c1-4-12-10-17-15(16-5-2)13-8-6-7-9-14(13)18-11(12)3/h6-9H,4-5,10H2,1-3H3,(H,16,17)/b12-11-. The molecule has 0 spiro atoms. The lowest BCUT2D eigenvalue weighted by Gasteiger charge is -2.18. The SMILES string of the molecule is CCNC1=NC/C(CC)=C(/C)Sc2ccccc21. The van der Waals surface area contributed by atoms with E-state index in [1.165, 1.54) is 20.9 Å². The fourth-order valence-corrected chi connectivity index (χ4v) is 3.14. The first-order valence-electron chi connectivity index (χ1n) is 6.50. The number of hydrogen-bond donors (Lipinski definition) is 1. The predicted octanol–water partition coefficient (Wildman–Crippen LogP) is 3.83. The Balaban J connectivity index is 2.47. The van der Waals surface area contributed by atoms with Crippen LogP contribution in [-0.4, -0.2) is 18.9 Å². The van der Waals surface area contributed by atoms with Crippen molar-refractivity contribution in [3.05, 3.63) is 40.3 Å². The molecule has 0 amide bonds. The molecule has 1 N–H and O–H groups in total. The molecular weight excluding hydrogens is 240 g/mol. The van der Waals surface area contributed by atoms with Crippen LogP contribution in [0.1, 0.15) is 32.8 Å². The first-order valence-corrected chi connectivity index (χ1v) is 7.32. The second-order valence-corrected chi connectivity index (χ2v) is 5.56. The molecule has 0 radical (unpaired) electrons. The second-order valence-electron chi connectivity index (χ2n) is 4.31. The van der Waals surface area contributed by atoms with Crippen molar-refractivity contribution >= 4 is 17.6 Å². The van der Waals surface area contributed by atoms with Gasteiger partial charge in [0.15, 0.2) is 0 Å². The molecule has 0 fully saturated rings. The van der Waals surface area contributed by atoms with Crippen LogP contribution >= 0.6 is 11.8 Å². The van der Waals surface area contributed by atoms with Crippen molar-refractivity contribution in [3.63, 3.8) is 0 Å². The van der Waals surface area contributed by atoms with Crippen LogP contribution in [0.2, 0.25) is 0 Å². The molecule has 96 valence electrons. The fraction of sp³-hybridized carbons (Fsp3) is 0.400. The first-order chi connectivity index (χ1) is 8.76. The van der Waals surface area contributed by atoms with Crippen molar-refractivity contribution in [1.29, 1.82) is 0 Å². The summed E-state index contributed by atoms with van der Waals surface area (Å²) in [6.07, 6.45) is 1.07. The Kier molecular flexibility index (Phi) is 4.48. The van der Waals surface area contributed by atoms with E-state index in [1.807, 2.05) is 11.8 Å². The molecule has 1 aliphatic rings. The van der Waals surface area contributed by atoms with Crippen LogP contribution in [0.5, 0.6) is 0 Å². The largest absolute Gasteiger partial charge is 0.370 e. The zero-order chi connectivity index (χ0) is 13.0. The van der Waals surface area contributed by atoms with Gasteiger partial charge in [0.1, 0.15) is 5.84 Å². The third kappa shape index (κ3) is 2.78. The average Bonchev–Trinajstić information content (AvgIpc) is 2.37. The highest BCUT2D eigenvalue weighted by molar-refractivity contribution is 8.03. The molecule has 0 saturated carbocycles. The number of rotatable bonds is 2. The van der Waals surface area contributed by atoms with E-state index < -0.39 is 0 Å². The van der Waals surface area contributed by atoms with Gasteiger partial charge in [-0.3, -0.25) is 4.99 Å². The number of nitrogens with zero attached hydrogens (tertiary/aromatic N) is 1. The van der Waals surface area contributed by atoms with Crippen molar-refractivity contribution in [2.75, 3.05) is 13.1 Å². The summed E-state index contributed by atoms with van der Waals surface area (Å²) in [5.41, 5.74) is 2.66. The number of nitrogens with one attached hydrogen (secondary N) is 1. The third-order valence-corrected chi connectivity index (χ3v) is 4.27. The van der Waals surface area contributed by atoms with Crippen LogP contribution in [0, 0.1) is 0 Å². The zero-order valence-corrected chi connectivity index (χ0v) is 12.1. The lowest BCUT2D eigenvalue weighted by atomic mass is 10.1. The lowest BCUT2D eigenvalue weighted by Crippen LogP contribution is -2.25. The lowest BCUT2D eigenvalue weighted by molar-refractivity contribution is 0.929. The second kappa shape index (κ2) is 6.10. The van der Waals surface area contributed by atoms with Gasteiger partial charge >= 0.3 is 0 Å². The normalized spacial score (nSPS) is 19.6. The molecule has 2 nitrogen and oxygen atoms in total. The maximum atomic E-state index is 4.75. The Morgan fingerprint density at radius 1 is 1.28 bits per heavy atom. The van der Waals surface area contributed by atoms with Gasteiger partial charge in [-0.2, -0.15) is 0 Å². The smallest absolute Gasteiger partial charge is 0.129 e. The Labute approximate surface area is 114 Å². The molecule has 1 heterocycles. The monoisotopic (exact) mass is 260 g/mol. The van der Waals surface area contributed by atoms with Crippen molar-refractivity contribution < 1.29 is 0 Å². The van der Waals surface area contributed by atoms with Crippen LogP contribution in [0.3, 0.4) is 0 Å². The minimum absolute atomic E-state index is 0.812. The highest BCUT2D eigenvalue weighted by atomic mass is 32.2. The molecule has 0 atom stereocenters. The van der Waals surface area contributed by atoms with Gasteiger partial charge in [-0.1, -0.05) is 36.9 Å². The van der Waals surface area contributed by atoms with Gasteiger partial charge in [0.25, 0.3) is 0 Å². The molecule has 1 aliphatic heterocycles. The topological polar surface area (TPSA) is 24.4 Å². The van der Waals surface area contributed by atoms with Gasteiger partial charge < -0.3 is 5.32 Å². The van der Waals surface area contributed by atoms with Gasteiger partial charge in [-0.15, -0.1) is 0 Å². The van der Waals surface area contributed by atoms with E-state index in [2.05, 4.69) is 50.4 Å². The summed E-state index contributed by atoms with van der Waals surface area (Å²) in [6.45, 7) is 8.23. The highest BCUT2D eigenvalue weighted by Crippen LogP contribution is 2.33.